The van der Waals surface area contributed by atoms with Crippen molar-refractivity contribution in [2.45, 2.75) is 83.5 Å². The first-order valence-corrected chi connectivity index (χ1v) is 19.9. The van der Waals surface area contributed by atoms with Crippen LogP contribution in [-0.2, 0) is 27.2 Å². The maximum atomic E-state index is 11.2. The molecule has 0 aliphatic rings. The van der Waals surface area contributed by atoms with Gasteiger partial charge in [-0.25, -0.2) is 9.59 Å². The standard InChI is InChI=1S/C21H42O8Si3/c1-9-24-20(22)26-16-12-14-18-30(4,5)28-32(8,11-3)29-31(6,7)19-15-13-17-27-21(23)25-10-2/h9-10H,1-2,11-19H2,3-8H3. The third-order valence-electron chi connectivity index (χ3n) is 4.77. The Bertz CT molecular complexity index is 550. The van der Waals surface area contributed by atoms with Crippen molar-refractivity contribution in [1.29, 1.82) is 0 Å². The zero-order valence-corrected chi connectivity index (χ0v) is 23.7. The molecule has 0 N–H and O–H groups in total. The lowest BCUT2D eigenvalue weighted by atomic mass is 10.4. The molecule has 186 valence electrons. The third-order valence-corrected chi connectivity index (χ3v) is 17.0. The van der Waals surface area contributed by atoms with E-state index in [9.17, 15) is 9.59 Å². The van der Waals surface area contributed by atoms with Crippen molar-refractivity contribution in [3.05, 3.63) is 25.7 Å². The molecule has 0 heterocycles. The van der Waals surface area contributed by atoms with Crippen LogP contribution in [0.4, 0.5) is 9.59 Å². The van der Waals surface area contributed by atoms with Gasteiger partial charge in [-0.15, -0.1) is 0 Å². The van der Waals surface area contributed by atoms with E-state index in [2.05, 4.69) is 62.3 Å². The minimum atomic E-state index is -2.30. The molecule has 8 nitrogen and oxygen atoms in total. The van der Waals surface area contributed by atoms with E-state index < -0.39 is 37.5 Å². The molecule has 0 aliphatic heterocycles. The van der Waals surface area contributed by atoms with Gasteiger partial charge in [0.1, 0.15) is 0 Å². The molecule has 0 saturated carbocycles. The lowest BCUT2D eigenvalue weighted by Crippen LogP contribution is -2.53. The van der Waals surface area contributed by atoms with Crippen LogP contribution in [0.25, 0.3) is 0 Å². The molecule has 0 amide bonds. The minimum absolute atomic E-state index is 0.325. The second-order valence-electron chi connectivity index (χ2n) is 8.89. The van der Waals surface area contributed by atoms with E-state index in [-0.39, 0.29) is 0 Å². The van der Waals surface area contributed by atoms with Gasteiger partial charge < -0.3 is 27.2 Å². The Morgan fingerprint density at radius 3 is 1.41 bits per heavy atom. The predicted octanol–water partition coefficient (Wildman–Crippen LogP) is 6.68. The maximum absolute atomic E-state index is 11.2. The fraction of sp³-hybridized carbons (Fsp3) is 0.714. The molecule has 0 atom stereocenters. The normalized spacial score (nSPS) is 12.1. The fourth-order valence-electron chi connectivity index (χ4n) is 3.26. The van der Waals surface area contributed by atoms with E-state index in [1.54, 1.807) is 0 Å². The van der Waals surface area contributed by atoms with Crippen LogP contribution < -0.4 is 0 Å². The Balaban J connectivity index is 4.44. The van der Waals surface area contributed by atoms with Gasteiger partial charge in [0.15, 0.2) is 16.6 Å². The number of carbonyl (C=O) groups is 2. The van der Waals surface area contributed by atoms with Crippen LogP contribution in [0.1, 0.15) is 32.6 Å². The highest BCUT2D eigenvalue weighted by atomic mass is 28.5. The Morgan fingerprint density at radius 1 is 0.719 bits per heavy atom. The average molecular weight is 507 g/mol. The van der Waals surface area contributed by atoms with Crippen LogP contribution >= 0.6 is 0 Å². The van der Waals surface area contributed by atoms with Crippen LogP contribution in [0.5, 0.6) is 0 Å². The van der Waals surface area contributed by atoms with E-state index >= 15 is 0 Å². The lowest BCUT2D eigenvalue weighted by Gasteiger charge is -2.40. The molecule has 0 aromatic carbocycles. The SMILES string of the molecule is C=COC(=O)OCCCC[Si](C)(C)O[Si](C)(CC)O[Si](C)(C)CCCCOC(=O)OC=C. The van der Waals surface area contributed by atoms with Crippen molar-refractivity contribution in [2.75, 3.05) is 13.2 Å². The van der Waals surface area contributed by atoms with Crippen molar-refractivity contribution in [2.24, 2.45) is 0 Å². The van der Waals surface area contributed by atoms with E-state index in [0.29, 0.717) is 13.2 Å². The van der Waals surface area contributed by atoms with E-state index in [0.717, 1.165) is 56.3 Å². The summed E-state index contributed by atoms with van der Waals surface area (Å²) in [6.45, 7) is 20.5. The van der Waals surface area contributed by atoms with Gasteiger partial charge in [0.25, 0.3) is 0 Å². The molecule has 11 heteroatoms. The van der Waals surface area contributed by atoms with E-state index in [1.807, 2.05) is 0 Å². The van der Waals surface area contributed by atoms with Gasteiger partial charge in [-0.2, -0.15) is 0 Å². The first-order chi connectivity index (χ1) is 14.9. The van der Waals surface area contributed by atoms with Gasteiger partial charge in [-0.3, -0.25) is 0 Å². The minimum Gasteiger partial charge on any atom is -0.436 e. The van der Waals surface area contributed by atoms with Crippen molar-refractivity contribution in [3.63, 3.8) is 0 Å². The molecule has 0 saturated heterocycles. The zero-order chi connectivity index (χ0) is 24.7. The van der Waals surface area contributed by atoms with Crippen molar-refractivity contribution >= 4 is 37.5 Å². The molecule has 32 heavy (non-hydrogen) atoms. The smallest absolute Gasteiger partial charge is 0.436 e. The van der Waals surface area contributed by atoms with Gasteiger partial charge in [0.05, 0.1) is 25.7 Å². The number of hydrogen-bond acceptors (Lipinski definition) is 8. The number of rotatable bonds is 17. The highest BCUT2D eigenvalue weighted by molar-refractivity contribution is 6.88. The van der Waals surface area contributed by atoms with Gasteiger partial charge in [-0.05, 0) is 63.7 Å². The number of ether oxygens (including phenoxy) is 4. The second-order valence-corrected chi connectivity index (χ2v) is 21.5. The summed E-state index contributed by atoms with van der Waals surface area (Å²) < 4.78 is 32.4. The van der Waals surface area contributed by atoms with Gasteiger partial charge in [-0.1, -0.05) is 32.9 Å². The number of hydrogen-bond donors (Lipinski definition) is 0. The topological polar surface area (TPSA) is 89.5 Å². The lowest BCUT2D eigenvalue weighted by molar-refractivity contribution is 0.0827. The van der Waals surface area contributed by atoms with E-state index in [1.165, 1.54) is 0 Å². The molecule has 0 bridgehead atoms. The Kier molecular flexibility index (Phi) is 14.8. The van der Waals surface area contributed by atoms with Crippen molar-refractivity contribution < 1.29 is 36.8 Å². The van der Waals surface area contributed by atoms with Crippen LogP contribution in [0, 0.1) is 0 Å². The number of unbranched alkanes of at least 4 members (excludes halogenated alkanes) is 2. The molecule has 0 radical (unpaired) electrons. The highest BCUT2D eigenvalue weighted by Gasteiger charge is 2.41. The highest BCUT2D eigenvalue weighted by Crippen LogP contribution is 2.29. The first kappa shape index (κ1) is 30.6. The largest absolute Gasteiger partial charge is 0.513 e. The summed E-state index contributed by atoms with van der Waals surface area (Å²) in [6, 6.07) is 2.84. The first-order valence-electron chi connectivity index (χ1n) is 11.2. The zero-order valence-electron chi connectivity index (χ0n) is 20.7. The molecular formula is C21H42O8Si3. The summed E-state index contributed by atoms with van der Waals surface area (Å²) in [5.41, 5.74) is 0. The summed E-state index contributed by atoms with van der Waals surface area (Å²) in [7, 11) is -6.15. The molecule has 0 aromatic rings. The van der Waals surface area contributed by atoms with E-state index in [4.69, 9.17) is 17.7 Å². The quantitative estimate of drug-likeness (QED) is 0.0934. The van der Waals surface area contributed by atoms with Crippen LogP contribution in [-0.4, -0.2) is 50.7 Å². The summed E-state index contributed by atoms with van der Waals surface area (Å²) >= 11 is 0. The van der Waals surface area contributed by atoms with Crippen LogP contribution in [0.2, 0.25) is 50.9 Å². The van der Waals surface area contributed by atoms with Gasteiger partial charge >= 0.3 is 20.9 Å². The van der Waals surface area contributed by atoms with Gasteiger partial charge in [0.2, 0.25) is 0 Å². The monoisotopic (exact) mass is 506 g/mol. The molecular weight excluding hydrogens is 464 g/mol. The number of carbonyl (C=O) groups excluding carboxylic acids is 2. The van der Waals surface area contributed by atoms with Crippen molar-refractivity contribution in [3.8, 4) is 0 Å². The Labute approximate surface area is 196 Å². The predicted molar refractivity (Wildman–Crippen MR) is 133 cm³/mol. The third kappa shape index (κ3) is 15.4. The fourth-order valence-corrected chi connectivity index (χ4v) is 17.3. The summed E-state index contributed by atoms with van der Waals surface area (Å²) in [5.74, 6) is 0. The average Bonchev–Trinajstić information content (AvgIpc) is 2.66. The Hall–Kier alpha value is -1.41. The van der Waals surface area contributed by atoms with Crippen LogP contribution in [0.15, 0.2) is 25.7 Å². The second kappa shape index (κ2) is 15.4. The molecule has 0 aromatic heterocycles. The van der Waals surface area contributed by atoms with Crippen molar-refractivity contribution in [1.82, 2.24) is 0 Å². The van der Waals surface area contributed by atoms with Gasteiger partial charge in [0, 0.05) is 0 Å². The van der Waals surface area contributed by atoms with Crippen LogP contribution in [0.3, 0.4) is 0 Å². The summed E-state index contributed by atoms with van der Waals surface area (Å²) in [4.78, 5) is 22.3. The molecule has 0 spiro atoms. The molecule has 0 aliphatic carbocycles. The maximum Gasteiger partial charge on any atom is 0.513 e. The molecule has 0 rings (SSSR count). The molecule has 0 fully saturated rings. The molecule has 0 unspecified atom stereocenters. The summed E-state index contributed by atoms with van der Waals surface area (Å²) in [5, 5.41) is 0. The Morgan fingerprint density at radius 2 is 1.09 bits per heavy atom. The summed E-state index contributed by atoms with van der Waals surface area (Å²) in [6.07, 6.45) is 4.04.